The fraction of sp³-hybridized carbons (Fsp3) is 0.400. The Bertz CT molecular complexity index is 584. The Kier molecular flexibility index (Phi) is 3.98. The molecule has 0 spiro atoms. The maximum Gasteiger partial charge on any atom is 0.133 e. The van der Waals surface area contributed by atoms with Crippen LogP contribution < -0.4 is 10.5 Å². The monoisotopic (exact) mass is 289 g/mol. The van der Waals surface area contributed by atoms with Crippen molar-refractivity contribution in [3.8, 4) is 5.75 Å². The highest BCUT2D eigenvalue weighted by Crippen LogP contribution is 2.35. The molecule has 2 atom stereocenters. The summed E-state index contributed by atoms with van der Waals surface area (Å²) in [7, 11) is 1.93. The second-order valence-corrected chi connectivity index (χ2v) is 6.20. The first kappa shape index (κ1) is 13.5. The van der Waals surface area contributed by atoms with Crippen molar-refractivity contribution in [2.45, 2.75) is 29.9 Å². The van der Waals surface area contributed by atoms with Crippen LogP contribution in [0, 0.1) is 0 Å². The van der Waals surface area contributed by atoms with Crippen LogP contribution in [0.1, 0.15) is 12.0 Å². The third-order valence-electron chi connectivity index (χ3n) is 3.53. The Labute approximate surface area is 123 Å². The molecule has 0 fully saturated rings. The fourth-order valence-corrected chi connectivity index (χ4v) is 3.46. The highest BCUT2D eigenvalue weighted by molar-refractivity contribution is 7.99. The molecule has 0 bridgehead atoms. The number of nitrogens with zero attached hydrogens (tertiary/aromatic N) is 2. The molecule has 1 aromatic heterocycles. The van der Waals surface area contributed by atoms with Gasteiger partial charge in [-0.2, -0.15) is 5.10 Å². The summed E-state index contributed by atoms with van der Waals surface area (Å²) >= 11 is 1.83. The van der Waals surface area contributed by atoms with E-state index >= 15 is 0 Å². The molecule has 1 aliphatic heterocycles. The topological polar surface area (TPSA) is 53.1 Å². The number of hydrogen-bond donors (Lipinski definition) is 1. The van der Waals surface area contributed by atoms with Crippen LogP contribution in [0.3, 0.4) is 0 Å². The number of benzene rings is 1. The first-order valence-corrected chi connectivity index (χ1v) is 7.82. The van der Waals surface area contributed by atoms with Crippen molar-refractivity contribution in [2.24, 2.45) is 12.8 Å². The predicted octanol–water partition coefficient (Wildman–Crippen LogP) is 2.23. The Hall–Kier alpha value is -1.46. The van der Waals surface area contributed by atoms with Crippen LogP contribution in [0.2, 0.25) is 0 Å². The molecule has 0 amide bonds. The van der Waals surface area contributed by atoms with Crippen molar-refractivity contribution < 1.29 is 4.74 Å². The summed E-state index contributed by atoms with van der Waals surface area (Å²) in [5, 5.41) is 4.18. The molecular formula is C15H19N3OS. The van der Waals surface area contributed by atoms with Gasteiger partial charge in [0, 0.05) is 29.9 Å². The molecule has 1 aromatic carbocycles. The van der Waals surface area contributed by atoms with Gasteiger partial charge in [0.15, 0.2) is 0 Å². The molecule has 20 heavy (non-hydrogen) atoms. The summed E-state index contributed by atoms with van der Waals surface area (Å²) in [5.74, 6) is 1.89. The van der Waals surface area contributed by atoms with E-state index < -0.39 is 0 Å². The van der Waals surface area contributed by atoms with Gasteiger partial charge in [0.1, 0.15) is 11.9 Å². The summed E-state index contributed by atoms with van der Waals surface area (Å²) in [5.41, 5.74) is 7.52. The van der Waals surface area contributed by atoms with Crippen LogP contribution in [0.4, 0.5) is 0 Å². The first-order chi connectivity index (χ1) is 9.72. The zero-order valence-electron chi connectivity index (χ0n) is 11.5. The van der Waals surface area contributed by atoms with Gasteiger partial charge in [0.2, 0.25) is 0 Å². The maximum absolute atomic E-state index is 6.29. The SMILES string of the molecule is Cn1cc(CCC(N)C2CSc3ccccc3O2)cn1. The summed E-state index contributed by atoms with van der Waals surface area (Å²) in [4.78, 5) is 1.21. The average molecular weight is 289 g/mol. The number of thioether (sulfide) groups is 1. The molecule has 0 saturated carbocycles. The van der Waals surface area contributed by atoms with E-state index in [1.165, 1.54) is 10.5 Å². The van der Waals surface area contributed by atoms with E-state index in [0.29, 0.717) is 0 Å². The van der Waals surface area contributed by atoms with Gasteiger partial charge in [-0.1, -0.05) is 12.1 Å². The quantitative estimate of drug-likeness (QED) is 0.938. The fourth-order valence-electron chi connectivity index (χ4n) is 2.37. The van der Waals surface area contributed by atoms with E-state index in [1.807, 2.05) is 54.1 Å². The summed E-state index contributed by atoms with van der Waals surface area (Å²) < 4.78 is 7.84. The molecule has 0 radical (unpaired) electrons. The molecular weight excluding hydrogens is 270 g/mol. The molecule has 0 saturated heterocycles. The molecule has 2 aromatic rings. The zero-order chi connectivity index (χ0) is 13.9. The Morgan fingerprint density at radius 3 is 3.15 bits per heavy atom. The normalized spacial score (nSPS) is 19.2. The van der Waals surface area contributed by atoms with Crippen molar-refractivity contribution in [1.29, 1.82) is 0 Å². The van der Waals surface area contributed by atoms with Gasteiger partial charge < -0.3 is 10.5 Å². The Balaban J connectivity index is 1.57. The second kappa shape index (κ2) is 5.89. The molecule has 1 aliphatic rings. The average Bonchev–Trinajstić information content (AvgIpc) is 2.90. The molecule has 4 nitrogen and oxygen atoms in total. The number of fused-ring (bicyclic) bond motifs is 1. The number of nitrogens with two attached hydrogens (primary N) is 1. The highest BCUT2D eigenvalue weighted by Gasteiger charge is 2.25. The standard InChI is InChI=1S/C15H19N3OS/c1-18-9-11(8-17-18)6-7-12(16)14-10-20-15-5-3-2-4-13(15)19-14/h2-5,8-9,12,14H,6-7,10,16H2,1H3. The van der Waals surface area contributed by atoms with Crippen LogP contribution in [0.25, 0.3) is 0 Å². The lowest BCUT2D eigenvalue weighted by Crippen LogP contribution is -2.42. The van der Waals surface area contributed by atoms with Crippen molar-refractivity contribution >= 4 is 11.8 Å². The van der Waals surface area contributed by atoms with E-state index in [9.17, 15) is 0 Å². The van der Waals surface area contributed by atoms with Crippen LogP contribution >= 0.6 is 11.8 Å². The molecule has 2 unspecified atom stereocenters. The van der Waals surface area contributed by atoms with Gasteiger partial charge in [-0.15, -0.1) is 11.8 Å². The Morgan fingerprint density at radius 2 is 2.35 bits per heavy atom. The second-order valence-electron chi connectivity index (χ2n) is 5.14. The van der Waals surface area contributed by atoms with Crippen molar-refractivity contribution in [1.82, 2.24) is 9.78 Å². The lowest BCUT2D eigenvalue weighted by atomic mass is 10.0. The van der Waals surface area contributed by atoms with Crippen molar-refractivity contribution in [2.75, 3.05) is 5.75 Å². The number of aryl methyl sites for hydroxylation is 2. The molecule has 2 heterocycles. The molecule has 106 valence electrons. The minimum absolute atomic E-state index is 0.0519. The molecule has 5 heteroatoms. The van der Waals surface area contributed by atoms with E-state index in [-0.39, 0.29) is 12.1 Å². The van der Waals surface area contributed by atoms with Crippen LogP contribution in [0.15, 0.2) is 41.6 Å². The smallest absolute Gasteiger partial charge is 0.133 e. The van der Waals surface area contributed by atoms with Crippen LogP contribution in [-0.2, 0) is 13.5 Å². The van der Waals surface area contributed by atoms with Gasteiger partial charge in [-0.3, -0.25) is 4.68 Å². The van der Waals surface area contributed by atoms with E-state index in [2.05, 4.69) is 11.2 Å². The minimum Gasteiger partial charge on any atom is -0.487 e. The molecule has 2 N–H and O–H groups in total. The third kappa shape index (κ3) is 2.99. The van der Waals surface area contributed by atoms with E-state index in [0.717, 1.165) is 24.3 Å². The highest BCUT2D eigenvalue weighted by atomic mass is 32.2. The number of ether oxygens (including phenoxy) is 1. The van der Waals surface area contributed by atoms with Crippen LogP contribution in [0.5, 0.6) is 5.75 Å². The number of rotatable bonds is 4. The van der Waals surface area contributed by atoms with Gasteiger partial charge in [0.25, 0.3) is 0 Å². The van der Waals surface area contributed by atoms with Crippen molar-refractivity contribution in [3.05, 3.63) is 42.2 Å². The number of para-hydroxylation sites is 1. The predicted molar refractivity (Wildman–Crippen MR) is 81.1 cm³/mol. The molecule has 3 rings (SSSR count). The van der Waals surface area contributed by atoms with Gasteiger partial charge in [-0.05, 0) is 30.5 Å². The minimum atomic E-state index is 0.0519. The zero-order valence-corrected chi connectivity index (χ0v) is 12.3. The lowest BCUT2D eigenvalue weighted by molar-refractivity contribution is 0.180. The number of aromatic nitrogens is 2. The number of hydrogen-bond acceptors (Lipinski definition) is 4. The van der Waals surface area contributed by atoms with E-state index in [1.54, 1.807) is 0 Å². The van der Waals surface area contributed by atoms with E-state index in [4.69, 9.17) is 10.5 Å². The van der Waals surface area contributed by atoms with Gasteiger partial charge in [0.05, 0.1) is 6.20 Å². The van der Waals surface area contributed by atoms with Gasteiger partial charge in [-0.25, -0.2) is 0 Å². The summed E-state index contributed by atoms with van der Waals surface area (Å²) in [6.45, 7) is 0. The molecule has 0 aliphatic carbocycles. The summed E-state index contributed by atoms with van der Waals surface area (Å²) in [6.07, 6.45) is 5.89. The van der Waals surface area contributed by atoms with Gasteiger partial charge >= 0.3 is 0 Å². The Morgan fingerprint density at radius 1 is 1.50 bits per heavy atom. The maximum atomic E-state index is 6.29. The first-order valence-electron chi connectivity index (χ1n) is 6.84. The largest absolute Gasteiger partial charge is 0.487 e. The lowest BCUT2D eigenvalue weighted by Gasteiger charge is -2.29. The van der Waals surface area contributed by atoms with Crippen LogP contribution in [-0.4, -0.2) is 27.7 Å². The summed E-state index contributed by atoms with van der Waals surface area (Å²) in [6, 6.07) is 8.21. The third-order valence-corrected chi connectivity index (χ3v) is 4.68. The van der Waals surface area contributed by atoms with Crippen molar-refractivity contribution in [3.63, 3.8) is 0 Å².